The van der Waals surface area contributed by atoms with Crippen LogP contribution in [0.1, 0.15) is 6.92 Å². The normalized spacial score (nSPS) is 9.94. The molecule has 0 heterocycles. The fraction of sp³-hybridized carbons (Fsp3) is 0.143. The number of aromatic hydroxyl groups is 1. The molecule has 2 aromatic carbocycles. The Hall–Kier alpha value is -2.16. The van der Waals surface area contributed by atoms with Gasteiger partial charge in [-0.2, -0.15) is 0 Å². The number of hydrogen-bond acceptors (Lipinski definition) is 3. The first kappa shape index (κ1) is 11.3. The Bertz CT molecular complexity index is 480. The lowest BCUT2D eigenvalue weighted by molar-refractivity contribution is 0.335. The first-order chi connectivity index (χ1) is 8.29. The van der Waals surface area contributed by atoms with Crippen LogP contribution in [0, 0.1) is 0 Å². The maximum Gasteiger partial charge on any atom is 0.169 e. The molecule has 1 N–H and O–H groups in total. The highest BCUT2D eigenvalue weighted by Crippen LogP contribution is 2.33. The van der Waals surface area contributed by atoms with Gasteiger partial charge in [-0.1, -0.05) is 18.2 Å². The largest absolute Gasteiger partial charge is 0.504 e. The number of rotatable bonds is 4. The van der Waals surface area contributed by atoms with Crippen molar-refractivity contribution in [1.29, 1.82) is 0 Å². The van der Waals surface area contributed by atoms with Crippen LogP contribution in [-0.2, 0) is 0 Å². The van der Waals surface area contributed by atoms with Crippen molar-refractivity contribution >= 4 is 0 Å². The lowest BCUT2D eigenvalue weighted by atomic mass is 10.3. The molecule has 0 atom stereocenters. The molecule has 0 saturated carbocycles. The lowest BCUT2D eigenvalue weighted by Crippen LogP contribution is -1.91. The Morgan fingerprint density at radius 2 is 1.76 bits per heavy atom. The minimum absolute atomic E-state index is 0.0693. The summed E-state index contributed by atoms with van der Waals surface area (Å²) in [5, 5.41) is 9.77. The van der Waals surface area contributed by atoms with Crippen molar-refractivity contribution in [1.82, 2.24) is 0 Å². The molecule has 0 fully saturated rings. The van der Waals surface area contributed by atoms with Gasteiger partial charge in [0.15, 0.2) is 11.5 Å². The molecule has 0 bridgehead atoms. The summed E-state index contributed by atoms with van der Waals surface area (Å²) in [6.07, 6.45) is 0. The predicted octanol–water partition coefficient (Wildman–Crippen LogP) is 3.58. The van der Waals surface area contributed by atoms with Crippen LogP contribution in [0.4, 0.5) is 0 Å². The van der Waals surface area contributed by atoms with E-state index < -0.39 is 0 Å². The highest BCUT2D eigenvalue weighted by atomic mass is 16.5. The van der Waals surface area contributed by atoms with Crippen molar-refractivity contribution in [2.24, 2.45) is 0 Å². The summed E-state index contributed by atoms with van der Waals surface area (Å²) in [7, 11) is 0. The molecule has 0 aliphatic rings. The average Bonchev–Trinajstić information content (AvgIpc) is 2.34. The number of ether oxygens (including phenoxy) is 2. The van der Waals surface area contributed by atoms with E-state index in [1.54, 1.807) is 18.2 Å². The SMILES string of the molecule is CCOc1ccc(Oc2ccccc2)c(O)c1. The maximum absolute atomic E-state index is 9.77. The van der Waals surface area contributed by atoms with Crippen molar-refractivity contribution in [3.8, 4) is 23.0 Å². The molecule has 3 nitrogen and oxygen atoms in total. The second kappa shape index (κ2) is 5.25. The standard InChI is InChI=1S/C14H14O3/c1-2-16-12-8-9-14(13(15)10-12)17-11-6-4-3-5-7-11/h3-10,15H,2H2,1H3. The third-order valence-corrected chi connectivity index (χ3v) is 2.21. The molecule has 0 aliphatic heterocycles. The van der Waals surface area contributed by atoms with Crippen LogP contribution in [0.25, 0.3) is 0 Å². The first-order valence-electron chi connectivity index (χ1n) is 5.48. The number of phenols is 1. The Morgan fingerprint density at radius 3 is 2.41 bits per heavy atom. The molecule has 0 saturated heterocycles. The van der Waals surface area contributed by atoms with E-state index in [2.05, 4.69) is 0 Å². The Morgan fingerprint density at radius 1 is 1.00 bits per heavy atom. The second-order valence-electron chi connectivity index (χ2n) is 3.48. The topological polar surface area (TPSA) is 38.7 Å². The van der Waals surface area contributed by atoms with Crippen LogP contribution >= 0.6 is 0 Å². The number of benzene rings is 2. The molecule has 0 aromatic heterocycles. The molecular weight excluding hydrogens is 216 g/mol. The van der Waals surface area contributed by atoms with E-state index in [4.69, 9.17) is 9.47 Å². The van der Waals surface area contributed by atoms with Gasteiger partial charge in [0, 0.05) is 6.07 Å². The summed E-state index contributed by atoms with van der Waals surface area (Å²) >= 11 is 0. The lowest BCUT2D eigenvalue weighted by Gasteiger charge is -2.09. The van der Waals surface area contributed by atoms with E-state index in [9.17, 15) is 5.11 Å². The quantitative estimate of drug-likeness (QED) is 0.872. The van der Waals surface area contributed by atoms with E-state index >= 15 is 0 Å². The highest BCUT2D eigenvalue weighted by Gasteiger charge is 2.05. The van der Waals surface area contributed by atoms with Gasteiger partial charge in [0.25, 0.3) is 0 Å². The van der Waals surface area contributed by atoms with Crippen LogP contribution < -0.4 is 9.47 Å². The minimum atomic E-state index is 0.0693. The maximum atomic E-state index is 9.77. The first-order valence-corrected chi connectivity index (χ1v) is 5.48. The molecule has 0 spiro atoms. The van der Waals surface area contributed by atoms with Gasteiger partial charge in [0.2, 0.25) is 0 Å². The number of phenolic OH excluding ortho intramolecular Hbond substituents is 1. The monoisotopic (exact) mass is 230 g/mol. The van der Waals surface area contributed by atoms with Crippen molar-refractivity contribution < 1.29 is 14.6 Å². The average molecular weight is 230 g/mol. The molecule has 0 amide bonds. The van der Waals surface area contributed by atoms with Gasteiger partial charge in [-0.25, -0.2) is 0 Å². The molecule has 0 unspecified atom stereocenters. The van der Waals surface area contributed by atoms with Gasteiger partial charge >= 0.3 is 0 Å². The molecule has 17 heavy (non-hydrogen) atoms. The van der Waals surface area contributed by atoms with E-state index in [-0.39, 0.29) is 5.75 Å². The summed E-state index contributed by atoms with van der Waals surface area (Å²) < 4.78 is 10.8. The van der Waals surface area contributed by atoms with Crippen molar-refractivity contribution in [2.45, 2.75) is 6.92 Å². The molecule has 88 valence electrons. The smallest absolute Gasteiger partial charge is 0.169 e. The van der Waals surface area contributed by atoms with Gasteiger partial charge in [-0.05, 0) is 31.2 Å². The molecule has 2 rings (SSSR count). The van der Waals surface area contributed by atoms with Crippen LogP contribution in [0.5, 0.6) is 23.0 Å². The van der Waals surface area contributed by atoms with Gasteiger partial charge < -0.3 is 14.6 Å². The fourth-order valence-corrected chi connectivity index (χ4v) is 1.46. The summed E-state index contributed by atoms with van der Waals surface area (Å²) in [5.41, 5.74) is 0. The van der Waals surface area contributed by atoms with E-state index in [0.717, 1.165) is 0 Å². The van der Waals surface area contributed by atoms with Crippen LogP contribution in [0.2, 0.25) is 0 Å². The van der Waals surface area contributed by atoms with Crippen LogP contribution in [0.15, 0.2) is 48.5 Å². The molecule has 0 radical (unpaired) electrons. The zero-order valence-corrected chi connectivity index (χ0v) is 9.59. The van der Waals surface area contributed by atoms with Gasteiger partial charge in [0.05, 0.1) is 6.61 Å². The number of hydrogen-bond donors (Lipinski definition) is 1. The van der Waals surface area contributed by atoms with Crippen molar-refractivity contribution in [3.05, 3.63) is 48.5 Å². The molecular formula is C14H14O3. The van der Waals surface area contributed by atoms with E-state index in [1.165, 1.54) is 0 Å². The Balaban J connectivity index is 2.17. The third-order valence-electron chi connectivity index (χ3n) is 2.21. The van der Waals surface area contributed by atoms with Gasteiger partial charge in [-0.15, -0.1) is 0 Å². The molecule has 0 aliphatic carbocycles. The second-order valence-corrected chi connectivity index (χ2v) is 3.48. The Labute approximate surface area is 100 Å². The zero-order chi connectivity index (χ0) is 12.1. The molecule has 3 heteroatoms. The van der Waals surface area contributed by atoms with Gasteiger partial charge in [0.1, 0.15) is 11.5 Å². The fourth-order valence-electron chi connectivity index (χ4n) is 1.46. The summed E-state index contributed by atoms with van der Waals surface area (Å²) in [6, 6.07) is 14.3. The van der Waals surface area contributed by atoms with Crippen molar-refractivity contribution in [3.63, 3.8) is 0 Å². The summed E-state index contributed by atoms with van der Waals surface area (Å²) in [4.78, 5) is 0. The van der Waals surface area contributed by atoms with Crippen molar-refractivity contribution in [2.75, 3.05) is 6.61 Å². The van der Waals surface area contributed by atoms with Crippen LogP contribution in [0.3, 0.4) is 0 Å². The van der Waals surface area contributed by atoms with E-state index in [0.29, 0.717) is 23.9 Å². The molecule has 2 aromatic rings. The van der Waals surface area contributed by atoms with Crippen LogP contribution in [-0.4, -0.2) is 11.7 Å². The minimum Gasteiger partial charge on any atom is -0.504 e. The zero-order valence-electron chi connectivity index (χ0n) is 9.59. The summed E-state index contributed by atoms with van der Waals surface area (Å²) in [6.45, 7) is 2.46. The Kier molecular flexibility index (Phi) is 3.50. The summed E-state index contributed by atoms with van der Waals surface area (Å²) in [5.74, 6) is 1.80. The predicted molar refractivity (Wildman–Crippen MR) is 65.8 cm³/mol. The van der Waals surface area contributed by atoms with E-state index in [1.807, 2.05) is 37.3 Å². The van der Waals surface area contributed by atoms with Gasteiger partial charge in [-0.3, -0.25) is 0 Å². The third kappa shape index (κ3) is 2.91. The highest BCUT2D eigenvalue weighted by molar-refractivity contribution is 5.46. The number of para-hydroxylation sites is 1.